The molecule has 0 atom stereocenters. The van der Waals surface area contributed by atoms with Crippen molar-refractivity contribution < 1.29 is 21.2 Å². The lowest BCUT2D eigenvalue weighted by molar-refractivity contribution is 0.573. The Morgan fingerprint density at radius 2 is 1.85 bits per heavy atom. The van der Waals surface area contributed by atoms with E-state index in [2.05, 4.69) is 4.72 Å². The molecule has 0 bridgehead atoms. The highest BCUT2D eigenvalue weighted by Crippen LogP contribution is 2.20. The Hall–Kier alpha value is -1.23. The molecule has 0 saturated carbocycles. The summed E-state index contributed by atoms with van der Waals surface area (Å²) < 4.78 is 60.7. The Kier molecular flexibility index (Phi) is 5.08. The molecule has 114 valence electrons. The molecule has 1 aromatic rings. The average molecular weight is 325 g/mol. The van der Waals surface area contributed by atoms with Crippen molar-refractivity contribution in [1.82, 2.24) is 4.72 Å². The summed E-state index contributed by atoms with van der Waals surface area (Å²) in [6.07, 6.45) is 0.0158. The third kappa shape index (κ3) is 4.71. The van der Waals surface area contributed by atoms with Gasteiger partial charge in [-0.15, -0.1) is 0 Å². The summed E-state index contributed by atoms with van der Waals surface area (Å²) in [5.74, 6) is -1.07. The fraction of sp³-hybridized carbons (Fsp3) is 0.400. The standard InChI is InChI=1S/C10H16FN3O4S2/c1-7-9(11)5-8(6-10(7)12)20(17,18)14-3-2-4-19(13,15)16/h5-6,14H,2-4,12H2,1H3,(H2,13,15,16). The van der Waals surface area contributed by atoms with Crippen LogP contribution in [0, 0.1) is 12.7 Å². The van der Waals surface area contributed by atoms with Crippen molar-refractivity contribution in [2.24, 2.45) is 5.14 Å². The third-order valence-electron chi connectivity index (χ3n) is 2.57. The normalized spacial score (nSPS) is 12.6. The molecule has 0 spiro atoms. The Balaban J connectivity index is 2.80. The van der Waals surface area contributed by atoms with Gasteiger partial charge in [0.2, 0.25) is 20.0 Å². The number of hydrogen-bond donors (Lipinski definition) is 3. The van der Waals surface area contributed by atoms with Gasteiger partial charge in [0.15, 0.2) is 0 Å². The van der Waals surface area contributed by atoms with Gasteiger partial charge in [0, 0.05) is 17.8 Å². The number of rotatable bonds is 6. The van der Waals surface area contributed by atoms with Crippen molar-refractivity contribution >= 4 is 25.7 Å². The Morgan fingerprint density at radius 1 is 1.25 bits per heavy atom. The Labute approximate surface area is 117 Å². The van der Waals surface area contributed by atoms with Crippen LogP contribution in [0.5, 0.6) is 0 Å². The van der Waals surface area contributed by atoms with Crippen molar-refractivity contribution in [2.75, 3.05) is 18.0 Å². The van der Waals surface area contributed by atoms with Crippen molar-refractivity contribution in [3.8, 4) is 0 Å². The van der Waals surface area contributed by atoms with Gasteiger partial charge in [-0.25, -0.2) is 31.1 Å². The van der Waals surface area contributed by atoms with Crippen LogP contribution in [0.15, 0.2) is 17.0 Å². The highest BCUT2D eigenvalue weighted by molar-refractivity contribution is 7.89. The molecule has 0 heterocycles. The molecule has 0 aromatic heterocycles. The van der Waals surface area contributed by atoms with E-state index >= 15 is 0 Å². The number of sulfonamides is 2. The summed E-state index contributed by atoms with van der Waals surface area (Å²) in [5, 5.41) is 4.78. The average Bonchev–Trinajstić information content (AvgIpc) is 2.30. The first-order chi connectivity index (χ1) is 9.03. The molecule has 1 aromatic carbocycles. The van der Waals surface area contributed by atoms with Gasteiger partial charge < -0.3 is 5.73 Å². The Bertz CT molecular complexity index is 678. The maximum atomic E-state index is 13.4. The van der Waals surface area contributed by atoms with Gasteiger partial charge in [-0.05, 0) is 25.5 Å². The molecule has 0 fully saturated rings. The quantitative estimate of drug-likeness (QED) is 0.487. The van der Waals surface area contributed by atoms with Gasteiger partial charge in [-0.2, -0.15) is 0 Å². The van der Waals surface area contributed by atoms with E-state index < -0.39 is 25.9 Å². The number of nitrogens with one attached hydrogen (secondary N) is 1. The predicted octanol–water partition coefficient (Wildman–Crippen LogP) is -0.327. The van der Waals surface area contributed by atoms with Gasteiger partial charge in [0.05, 0.1) is 10.6 Å². The van der Waals surface area contributed by atoms with Crippen LogP contribution in [0.4, 0.5) is 10.1 Å². The van der Waals surface area contributed by atoms with Gasteiger partial charge in [0.1, 0.15) is 5.82 Å². The van der Waals surface area contributed by atoms with Crippen LogP contribution in [0.1, 0.15) is 12.0 Å². The lowest BCUT2D eigenvalue weighted by atomic mass is 10.2. The number of benzene rings is 1. The first kappa shape index (κ1) is 16.8. The van der Waals surface area contributed by atoms with Gasteiger partial charge in [-0.3, -0.25) is 0 Å². The molecule has 5 N–H and O–H groups in total. The summed E-state index contributed by atoms with van der Waals surface area (Å²) in [4.78, 5) is -0.311. The first-order valence-corrected chi connectivity index (χ1v) is 8.78. The minimum absolute atomic E-state index is 0.0158. The van der Waals surface area contributed by atoms with Crippen LogP contribution in [0.2, 0.25) is 0 Å². The molecule has 1 rings (SSSR count). The summed E-state index contributed by atoms with van der Waals surface area (Å²) in [5.41, 5.74) is 5.69. The lowest BCUT2D eigenvalue weighted by Gasteiger charge is -2.09. The molecule has 0 aliphatic rings. The summed E-state index contributed by atoms with van der Waals surface area (Å²) in [6.45, 7) is 1.30. The smallest absolute Gasteiger partial charge is 0.240 e. The highest BCUT2D eigenvalue weighted by atomic mass is 32.2. The van der Waals surface area contributed by atoms with E-state index in [1.165, 1.54) is 6.92 Å². The van der Waals surface area contributed by atoms with Crippen LogP contribution in [0.25, 0.3) is 0 Å². The van der Waals surface area contributed by atoms with Crippen LogP contribution in [0.3, 0.4) is 0 Å². The van der Waals surface area contributed by atoms with Crippen molar-refractivity contribution in [2.45, 2.75) is 18.2 Å². The van der Waals surface area contributed by atoms with E-state index in [-0.39, 0.29) is 34.9 Å². The van der Waals surface area contributed by atoms with Crippen LogP contribution >= 0.6 is 0 Å². The number of anilines is 1. The van der Waals surface area contributed by atoms with Crippen molar-refractivity contribution in [3.05, 3.63) is 23.5 Å². The van der Waals surface area contributed by atoms with Gasteiger partial charge >= 0.3 is 0 Å². The second-order valence-corrected chi connectivity index (χ2v) is 7.74. The number of hydrogen-bond acceptors (Lipinski definition) is 5. The maximum Gasteiger partial charge on any atom is 0.240 e. The molecule has 7 nitrogen and oxygen atoms in total. The topological polar surface area (TPSA) is 132 Å². The van der Waals surface area contributed by atoms with E-state index in [9.17, 15) is 21.2 Å². The molecule has 20 heavy (non-hydrogen) atoms. The summed E-state index contributed by atoms with van der Waals surface area (Å²) in [7, 11) is -7.59. The lowest BCUT2D eigenvalue weighted by Crippen LogP contribution is -2.27. The summed E-state index contributed by atoms with van der Waals surface area (Å²) in [6, 6.07) is 1.99. The van der Waals surface area contributed by atoms with E-state index in [1.807, 2.05) is 0 Å². The Morgan fingerprint density at radius 3 is 2.35 bits per heavy atom. The number of primary sulfonamides is 1. The molecular weight excluding hydrogens is 309 g/mol. The van der Waals surface area contributed by atoms with E-state index in [0.717, 1.165) is 12.1 Å². The molecule has 0 aliphatic carbocycles. The second-order valence-electron chi connectivity index (χ2n) is 4.24. The monoisotopic (exact) mass is 325 g/mol. The number of halogens is 1. The minimum Gasteiger partial charge on any atom is -0.398 e. The van der Waals surface area contributed by atoms with Crippen LogP contribution in [-0.2, 0) is 20.0 Å². The first-order valence-electron chi connectivity index (χ1n) is 5.59. The predicted molar refractivity (Wildman–Crippen MR) is 73.3 cm³/mol. The molecule has 10 heteroatoms. The zero-order chi connectivity index (χ0) is 15.6. The molecule has 0 amide bonds. The largest absolute Gasteiger partial charge is 0.398 e. The van der Waals surface area contributed by atoms with E-state index in [1.54, 1.807) is 0 Å². The summed E-state index contributed by atoms with van der Waals surface area (Å²) >= 11 is 0. The molecule has 0 radical (unpaired) electrons. The fourth-order valence-corrected chi connectivity index (χ4v) is 3.06. The van der Waals surface area contributed by atoms with Crippen LogP contribution < -0.4 is 15.6 Å². The zero-order valence-corrected chi connectivity index (χ0v) is 12.4. The van der Waals surface area contributed by atoms with Crippen LogP contribution in [-0.4, -0.2) is 29.1 Å². The van der Waals surface area contributed by atoms with E-state index in [0.29, 0.717) is 0 Å². The minimum atomic E-state index is -3.95. The zero-order valence-electron chi connectivity index (χ0n) is 10.8. The third-order valence-corrected chi connectivity index (χ3v) is 4.86. The maximum absolute atomic E-state index is 13.4. The SMILES string of the molecule is Cc1c(N)cc(S(=O)(=O)NCCCS(N)(=O)=O)cc1F. The van der Waals surface area contributed by atoms with Gasteiger partial charge in [-0.1, -0.05) is 0 Å². The van der Waals surface area contributed by atoms with Crippen molar-refractivity contribution in [1.29, 1.82) is 0 Å². The highest BCUT2D eigenvalue weighted by Gasteiger charge is 2.17. The van der Waals surface area contributed by atoms with Crippen molar-refractivity contribution in [3.63, 3.8) is 0 Å². The molecular formula is C10H16FN3O4S2. The van der Waals surface area contributed by atoms with E-state index in [4.69, 9.17) is 10.9 Å². The molecule has 0 unspecified atom stereocenters. The fourth-order valence-electron chi connectivity index (χ4n) is 1.39. The number of nitrogens with two attached hydrogens (primary N) is 2. The number of nitrogen functional groups attached to an aromatic ring is 1. The second kappa shape index (κ2) is 6.04. The molecule has 0 saturated heterocycles. The molecule has 0 aliphatic heterocycles. The van der Waals surface area contributed by atoms with Gasteiger partial charge in [0.25, 0.3) is 0 Å².